The van der Waals surface area contributed by atoms with Crippen molar-refractivity contribution >= 4 is 39.7 Å². The van der Waals surface area contributed by atoms with Crippen molar-refractivity contribution in [3.05, 3.63) is 28.7 Å². The molecule has 1 aromatic carbocycles. The number of hydrogen-bond acceptors (Lipinski definition) is 4. The summed E-state index contributed by atoms with van der Waals surface area (Å²) in [6.07, 6.45) is 0.943. The number of benzene rings is 1. The van der Waals surface area contributed by atoms with Gasteiger partial charge in [-0.25, -0.2) is 4.72 Å². The zero-order chi connectivity index (χ0) is 12.3. The van der Waals surface area contributed by atoms with Crippen molar-refractivity contribution in [2.45, 2.75) is 23.8 Å². The molecule has 2 rings (SSSR count). The van der Waals surface area contributed by atoms with Gasteiger partial charge in [-0.15, -0.1) is 0 Å². The minimum absolute atomic E-state index is 0.193. The van der Waals surface area contributed by atoms with Crippen molar-refractivity contribution in [3.8, 4) is 0 Å². The number of carbonyl (C=O) groups excluding carboxylic acids is 2. The van der Waals surface area contributed by atoms with Crippen LogP contribution in [0.1, 0.15) is 12.8 Å². The summed E-state index contributed by atoms with van der Waals surface area (Å²) >= 11 is 4.76. The number of piperidine rings is 1. The molecule has 1 saturated heterocycles. The Morgan fingerprint density at radius 3 is 2.65 bits per heavy atom. The number of nitrogens with one attached hydrogen (secondary N) is 2. The van der Waals surface area contributed by atoms with E-state index < -0.39 is 0 Å². The first-order valence-electron chi connectivity index (χ1n) is 5.17. The van der Waals surface area contributed by atoms with E-state index in [1.807, 2.05) is 24.3 Å². The largest absolute Gasteiger partial charge is 0.295 e. The fourth-order valence-electron chi connectivity index (χ4n) is 1.45. The van der Waals surface area contributed by atoms with Crippen LogP contribution >= 0.6 is 27.9 Å². The quantitative estimate of drug-likeness (QED) is 0.660. The molecular weight excluding hydrogens is 304 g/mol. The highest BCUT2D eigenvalue weighted by molar-refractivity contribution is 9.10. The highest BCUT2D eigenvalue weighted by atomic mass is 79.9. The molecule has 1 heterocycles. The van der Waals surface area contributed by atoms with E-state index in [1.165, 1.54) is 11.9 Å². The minimum Gasteiger partial charge on any atom is -0.295 e. The van der Waals surface area contributed by atoms with Crippen LogP contribution in [0.3, 0.4) is 0 Å². The van der Waals surface area contributed by atoms with Gasteiger partial charge in [0.1, 0.15) is 0 Å². The second kappa shape index (κ2) is 5.66. The first kappa shape index (κ1) is 12.6. The van der Waals surface area contributed by atoms with E-state index in [4.69, 9.17) is 0 Å². The smallest absolute Gasteiger partial charge is 0.244 e. The minimum atomic E-state index is -0.304. The molecule has 4 nitrogen and oxygen atoms in total. The molecular formula is C11H11BrN2O2S. The van der Waals surface area contributed by atoms with Crippen molar-refractivity contribution < 1.29 is 9.59 Å². The molecule has 0 spiro atoms. The van der Waals surface area contributed by atoms with Crippen molar-refractivity contribution in [1.82, 2.24) is 10.0 Å². The Hall–Kier alpha value is -0.850. The molecule has 2 N–H and O–H groups in total. The van der Waals surface area contributed by atoms with E-state index in [-0.39, 0.29) is 17.9 Å². The van der Waals surface area contributed by atoms with Crippen LogP contribution in [0.5, 0.6) is 0 Å². The Morgan fingerprint density at radius 1 is 1.29 bits per heavy atom. The Kier molecular flexibility index (Phi) is 4.20. The molecule has 0 aromatic heterocycles. The highest BCUT2D eigenvalue weighted by Crippen LogP contribution is 2.19. The summed E-state index contributed by atoms with van der Waals surface area (Å²) in [5.41, 5.74) is 0. The number of rotatable bonds is 3. The first-order chi connectivity index (χ1) is 8.15. The molecule has 90 valence electrons. The lowest BCUT2D eigenvalue weighted by Gasteiger charge is -2.21. The number of halogens is 1. The fraction of sp³-hybridized carbons (Fsp3) is 0.273. The van der Waals surface area contributed by atoms with E-state index in [0.29, 0.717) is 12.8 Å². The van der Waals surface area contributed by atoms with Crippen LogP contribution in [-0.4, -0.2) is 17.9 Å². The summed E-state index contributed by atoms with van der Waals surface area (Å²) in [5, 5.41) is 2.31. The maximum Gasteiger partial charge on any atom is 0.244 e. The van der Waals surface area contributed by atoms with Crippen LogP contribution in [0, 0.1) is 0 Å². The van der Waals surface area contributed by atoms with Gasteiger partial charge in [-0.1, -0.05) is 15.9 Å². The molecule has 1 atom stereocenters. The molecule has 0 radical (unpaired) electrons. The fourth-order valence-corrected chi connectivity index (χ4v) is 2.49. The third-order valence-electron chi connectivity index (χ3n) is 2.37. The van der Waals surface area contributed by atoms with Gasteiger partial charge in [0.05, 0.1) is 6.04 Å². The third-order valence-corrected chi connectivity index (χ3v) is 3.81. The van der Waals surface area contributed by atoms with E-state index in [2.05, 4.69) is 26.0 Å². The second-order valence-electron chi connectivity index (χ2n) is 3.68. The zero-order valence-corrected chi connectivity index (χ0v) is 11.3. The van der Waals surface area contributed by atoms with E-state index in [0.717, 1.165) is 9.37 Å². The number of amides is 2. The normalized spacial score (nSPS) is 20.2. The lowest BCUT2D eigenvalue weighted by molar-refractivity contribution is -0.134. The van der Waals surface area contributed by atoms with Crippen LogP contribution in [0.15, 0.2) is 33.6 Å². The SMILES string of the molecule is O=C1CCC(NSc2ccc(Br)cc2)C(=O)N1. The van der Waals surface area contributed by atoms with Crippen LogP contribution in [0.25, 0.3) is 0 Å². The van der Waals surface area contributed by atoms with Gasteiger partial charge in [0.2, 0.25) is 11.8 Å². The molecule has 0 aliphatic carbocycles. The molecule has 1 unspecified atom stereocenters. The Labute approximate surface area is 112 Å². The molecule has 2 amide bonds. The summed E-state index contributed by atoms with van der Waals surface area (Å²) in [7, 11) is 0. The van der Waals surface area contributed by atoms with Crippen molar-refractivity contribution in [2.75, 3.05) is 0 Å². The Morgan fingerprint density at radius 2 is 2.00 bits per heavy atom. The van der Waals surface area contributed by atoms with Gasteiger partial charge in [-0.2, -0.15) is 0 Å². The van der Waals surface area contributed by atoms with Gasteiger partial charge in [-0.05, 0) is 42.6 Å². The summed E-state index contributed by atoms with van der Waals surface area (Å²) < 4.78 is 4.08. The molecule has 0 bridgehead atoms. The van der Waals surface area contributed by atoms with E-state index in [9.17, 15) is 9.59 Å². The van der Waals surface area contributed by atoms with E-state index >= 15 is 0 Å². The van der Waals surface area contributed by atoms with Crippen molar-refractivity contribution in [3.63, 3.8) is 0 Å². The van der Waals surface area contributed by atoms with Crippen LogP contribution in [0.4, 0.5) is 0 Å². The predicted molar refractivity (Wildman–Crippen MR) is 69.3 cm³/mol. The van der Waals surface area contributed by atoms with Crippen LogP contribution in [0.2, 0.25) is 0 Å². The average Bonchev–Trinajstić information content (AvgIpc) is 2.30. The lowest BCUT2D eigenvalue weighted by atomic mass is 10.1. The maximum atomic E-state index is 11.5. The Balaban J connectivity index is 1.88. The van der Waals surface area contributed by atoms with Gasteiger partial charge in [0.25, 0.3) is 0 Å². The molecule has 0 saturated carbocycles. The van der Waals surface area contributed by atoms with Gasteiger partial charge in [0.15, 0.2) is 0 Å². The third kappa shape index (κ3) is 3.55. The summed E-state index contributed by atoms with van der Waals surface area (Å²) in [4.78, 5) is 23.4. The number of carbonyl (C=O) groups is 2. The van der Waals surface area contributed by atoms with Crippen LogP contribution in [-0.2, 0) is 9.59 Å². The summed E-state index contributed by atoms with van der Waals surface area (Å²) in [6, 6.07) is 7.48. The van der Waals surface area contributed by atoms with E-state index in [1.54, 1.807) is 0 Å². The Bertz CT molecular complexity index is 436. The predicted octanol–water partition coefficient (Wildman–Crippen LogP) is 1.85. The lowest BCUT2D eigenvalue weighted by Crippen LogP contribution is -2.48. The molecule has 1 fully saturated rings. The molecule has 6 heteroatoms. The van der Waals surface area contributed by atoms with Crippen molar-refractivity contribution in [1.29, 1.82) is 0 Å². The number of imide groups is 1. The highest BCUT2D eigenvalue weighted by Gasteiger charge is 2.26. The molecule has 17 heavy (non-hydrogen) atoms. The zero-order valence-electron chi connectivity index (χ0n) is 8.90. The topological polar surface area (TPSA) is 58.2 Å². The van der Waals surface area contributed by atoms with Crippen molar-refractivity contribution in [2.24, 2.45) is 0 Å². The standard InChI is InChI=1S/C11H11BrN2O2S/c12-7-1-3-8(4-2-7)17-14-9-5-6-10(15)13-11(9)16/h1-4,9,14H,5-6H2,(H,13,15,16). The van der Waals surface area contributed by atoms with Gasteiger partial charge in [0, 0.05) is 15.8 Å². The first-order valence-corrected chi connectivity index (χ1v) is 6.78. The van der Waals surface area contributed by atoms with Gasteiger partial charge in [-0.3, -0.25) is 14.9 Å². The maximum absolute atomic E-state index is 11.5. The van der Waals surface area contributed by atoms with Gasteiger partial charge < -0.3 is 0 Å². The monoisotopic (exact) mass is 314 g/mol. The molecule has 1 aliphatic heterocycles. The number of hydrogen-bond donors (Lipinski definition) is 2. The van der Waals surface area contributed by atoms with Gasteiger partial charge >= 0.3 is 0 Å². The second-order valence-corrected chi connectivity index (χ2v) is 5.50. The van der Waals surface area contributed by atoms with Crippen LogP contribution < -0.4 is 10.0 Å². The molecule has 1 aromatic rings. The summed E-state index contributed by atoms with van der Waals surface area (Å²) in [5.74, 6) is -0.437. The summed E-state index contributed by atoms with van der Waals surface area (Å²) in [6.45, 7) is 0. The molecule has 1 aliphatic rings. The average molecular weight is 315 g/mol.